The van der Waals surface area contributed by atoms with Crippen molar-refractivity contribution in [2.45, 2.75) is 75.8 Å². The van der Waals surface area contributed by atoms with Crippen molar-refractivity contribution in [3.05, 3.63) is 41.5 Å². The summed E-state index contributed by atoms with van der Waals surface area (Å²) in [5.74, 6) is 2.22. The summed E-state index contributed by atoms with van der Waals surface area (Å²) in [4.78, 5) is 0.370. The summed E-state index contributed by atoms with van der Waals surface area (Å²) in [6.45, 7) is 5.65. The summed E-state index contributed by atoms with van der Waals surface area (Å²) in [7, 11) is -3.54. The van der Waals surface area contributed by atoms with Gasteiger partial charge < -0.3 is 4.57 Å². The fourth-order valence-corrected chi connectivity index (χ4v) is 5.85. The Labute approximate surface area is 161 Å². The Balaban J connectivity index is 1.66. The second-order valence-electron chi connectivity index (χ2n) is 7.93. The van der Waals surface area contributed by atoms with Crippen LogP contribution in [0.15, 0.2) is 29.2 Å². The molecule has 0 bridgehead atoms. The van der Waals surface area contributed by atoms with E-state index in [1.54, 1.807) is 16.4 Å². The van der Waals surface area contributed by atoms with E-state index in [9.17, 15) is 8.42 Å². The van der Waals surface area contributed by atoms with Gasteiger partial charge in [-0.2, -0.15) is 4.31 Å². The number of aromatic nitrogens is 3. The molecule has 2 aromatic rings. The molecule has 0 spiro atoms. The minimum Gasteiger partial charge on any atom is -0.314 e. The van der Waals surface area contributed by atoms with Crippen molar-refractivity contribution in [1.82, 2.24) is 19.1 Å². The second kappa shape index (κ2) is 7.36. The van der Waals surface area contributed by atoms with Crippen molar-refractivity contribution in [2.75, 3.05) is 6.54 Å². The number of rotatable bonds is 4. The van der Waals surface area contributed by atoms with Crippen LogP contribution >= 0.6 is 0 Å². The minimum absolute atomic E-state index is 0.209. The molecule has 3 heterocycles. The van der Waals surface area contributed by atoms with Gasteiger partial charge in [-0.1, -0.05) is 32.4 Å². The molecular formula is C20H28N4O2S. The third-order valence-electron chi connectivity index (χ3n) is 5.79. The first-order valence-electron chi connectivity index (χ1n) is 10.0. The van der Waals surface area contributed by atoms with Crippen molar-refractivity contribution in [1.29, 1.82) is 0 Å². The molecule has 2 aliphatic heterocycles. The first-order valence-corrected chi connectivity index (χ1v) is 11.5. The molecule has 0 N–H and O–H groups in total. The highest BCUT2D eigenvalue weighted by molar-refractivity contribution is 7.89. The van der Waals surface area contributed by atoms with Crippen molar-refractivity contribution in [3.63, 3.8) is 0 Å². The second-order valence-corrected chi connectivity index (χ2v) is 9.82. The van der Waals surface area contributed by atoms with Gasteiger partial charge in [0.2, 0.25) is 10.0 Å². The molecule has 0 amide bonds. The zero-order valence-corrected chi connectivity index (χ0v) is 17.0. The van der Waals surface area contributed by atoms with Crippen LogP contribution in [-0.4, -0.2) is 34.0 Å². The van der Waals surface area contributed by atoms with Crippen LogP contribution < -0.4 is 0 Å². The first-order chi connectivity index (χ1) is 13.0. The lowest BCUT2D eigenvalue weighted by Gasteiger charge is -2.24. The van der Waals surface area contributed by atoms with Gasteiger partial charge in [0, 0.05) is 19.5 Å². The number of benzene rings is 1. The Hall–Kier alpha value is -1.73. The highest BCUT2D eigenvalue weighted by atomic mass is 32.2. The van der Waals surface area contributed by atoms with E-state index in [2.05, 4.69) is 28.6 Å². The molecule has 27 heavy (non-hydrogen) atoms. The Morgan fingerprint density at radius 3 is 2.52 bits per heavy atom. The average molecular weight is 389 g/mol. The molecule has 1 aromatic carbocycles. The predicted molar refractivity (Wildman–Crippen MR) is 104 cm³/mol. The first kappa shape index (κ1) is 18.6. The van der Waals surface area contributed by atoms with E-state index >= 15 is 0 Å². The maximum Gasteiger partial charge on any atom is 0.243 e. The molecule has 6 nitrogen and oxygen atoms in total. The Kier molecular flexibility index (Phi) is 5.07. The van der Waals surface area contributed by atoms with Crippen LogP contribution in [0, 0.1) is 0 Å². The molecule has 1 aromatic heterocycles. The fraction of sp³-hybridized carbons (Fsp3) is 0.600. The van der Waals surface area contributed by atoms with E-state index in [4.69, 9.17) is 0 Å². The van der Waals surface area contributed by atoms with E-state index in [1.807, 2.05) is 12.1 Å². The molecule has 1 fully saturated rings. The topological polar surface area (TPSA) is 68.1 Å². The Morgan fingerprint density at radius 1 is 1.00 bits per heavy atom. The Morgan fingerprint density at radius 2 is 1.78 bits per heavy atom. The summed E-state index contributed by atoms with van der Waals surface area (Å²) in [6, 6.07) is 7.12. The zero-order chi connectivity index (χ0) is 19.0. The average Bonchev–Trinajstić information content (AvgIpc) is 3.23. The number of fused-ring (bicyclic) bond motifs is 1. The van der Waals surface area contributed by atoms with Gasteiger partial charge in [-0.05, 0) is 49.3 Å². The smallest absolute Gasteiger partial charge is 0.243 e. The highest BCUT2D eigenvalue weighted by Crippen LogP contribution is 2.36. The van der Waals surface area contributed by atoms with Gasteiger partial charge in [-0.25, -0.2) is 8.42 Å². The van der Waals surface area contributed by atoms with Crippen LogP contribution in [0.5, 0.6) is 0 Å². The quantitative estimate of drug-likeness (QED) is 0.802. The molecule has 7 heteroatoms. The van der Waals surface area contributed by atoms with Gasteiger partial charge in [0.05, 0.1) is 10.9 Å². The lowest BCUT2D eigenvalue weighted by atomic mass is 10.0. The number of hydrogen-bond donors (Lipinski definition) is 0. The fourth-order valence-electron chi connectivity index (χ4n) is 4.20. The van der Waals surface area contributed by atoms with Gasteiger partial charge >= 0.3 is 0 Å². The molecule has 4 rings (SSSR count). The van der Waals surface area contributed by atoms with E-state index in [1.165, 1.54) is 6.42 Å². The van der Waals surface area contributed by atoms with Crippen LogP contribution in [0.25, 0.3) is 0 Å². The van der Waals surface area contributed by atoms with Gasteiger partial charge in [-0.3, -0.25) is 0 Å². The van der Waals surface area contributed by atoms with E-state index in [-0.39, 0.29) is 6.04 Å². The standard InChI is InChI=1S/C20H28N4O2S/c1-15(2)16-9-11-17(12-10-16)27(25,26)24-14-6-7-18(24)20-22-21-19-8-4-3-5-13-23(19)20/h9-12,15,18H,3-8,13-14H2,1-2H3. The monoisotopic (exact) mass is 388 g/mol. The van der Waals surface area contributed by atoms with Crippen molar-refractivity contribution in [3.8, 4) is 0 Å². The molecular weight excluding hydrogens is 360 g/mol. The van der Waals surface area contributed by atoms with E-state index < -0.39 is 10.0 Å². The van der Waals surface area contributed by atoms with Crippen LogP contribution in [0.1, 0.15) is 75.1 Å². The SMILES string of the molecule is CC(C)c1ccc(S(=O)(=O)N2CCCC2c2nnc3n2CCCCC3)cc1. The molecule has 1 saturated heterocycles. The third-order valence-corrected chi connectivity index (χ3v) is 7.72. The lowest BCUT2D eigenvalue weighted by Crippen LogP contribution is -2.32. The molecule has 1 atom stereocenters. The Bertz CT molecular complexity index is 903. The maximum atomic E-state index is 13.3. The van der Waals surface area contributed by atoms with Gasteiger partial charge in [0.1, 0.15) is 5.82 Å². The molecule has 1 unspecified atom stereocenters. The molecule has 0 saturated carbocycles. The zero-order valence-electron chi connectivity index (χ0n) is 16.1. The molecule has 146 valence electrons. The van der Waals surface area contributed by atoms with Crippen molar-refractivity contribution < 1.29 is 8.42 Å². The summed E-state index contributed by atoms with van der Waals surface area (Å²) >= 11 is 0. The largest absolute Gasteiger partial charge is 0.314 e. The van der Waals surface area contributed by atoms with Gasteiger partial charge in [0.25, 0.3) is 0 Å². The number of nitrogens with zero attached hydrogens (tertiary/aromatic N) is 4. The highest BCUT2D eigenvalue weighted by Gasteiger charge is 2.39. The minimum atomic E-state index is -3.54. The third kappa shape index (κ3) is 3.43. The predicted octanol–water partition coefficient (Wildman–Crippen LogP) is 3.65. The maximum absolute atomic E-state index is 13.3. The number of hydrogen-bond acceptors (Lipinski definition) is 4. The van der Waals surface area contributed by atoms with Gasteiger partial charge in [0.15, 0.2) is 5.82 Å². The summed E-state index contributed by atoms with van der Waals surface area (Å²) in [6.07, 6.45) is 6.03. The number of sulfonamides is 1. The summed E-state index contributed by atoms with van der Waals surface area (Å²) < 4.78 is 30.5. The van der Waals surface area contributed by atoms with Crippen molar-refractivity contribution in [2.24, 2.45) is 0 Å². The van der Waals surface area contributed by atoms with Gasteiger partial charge in [-0.15, -0.1) is 10.2 Å². The van der Waals surface area contributed by atoms with Crippen LogP contribution in [0.2, 0.25) is 0 Å². The van der Waals surface area contributed by atoms with Crippen LogP contribution in [0.3, 0.4) is 0 Å². The summed E-state index contributed by atoms with van der Waals surface area (Å²) in [5, 5.41) is 8.80. The van der Waals surface area contributed by atoms with Crippen molar-refractivity contribution >= 4 is 10.0 Å². The van der Waals surface area contributed by atoms with E-state index in [0.29, 0.717) is 17.4 Å². The molecule has 0 aliphatic carbocycles. The summed E-state index contributed by atoms with van der Waals surface area (Å²) in [5.41, 5.74) is 1.15. The lowest BCUT2D eigenvalue weighted by molar-refractivity contribution is 0.370. The number of aryl methyl sites for hydroxylation is 1. The van der Waals surface area contributed by atoms with Crippen LogP contribution in [0.4, 0.5) is 0 Å². The molecule has 2 aliphatic rings. The van der Waals surface area contributed by atoms with Crippen LogP contribution in [-0.2, 0) is 23.0 Å². The van der Waals surface area contributed by atoms with E-state index in [0.717, 1.165) is 55.9 Å². The normalized spacial score (nSPS) is 21.4. The molecule has 0 radical (unpaired) electrons.